The van der Waals surface area contributed by atoms with Gasteiger partial charge in [-0.2, -0.15) is 0 Å². The quantitative estimate of drug-likeness (QED) is 0.874. The normalized spacial score (nSPS) is 13.0. The van der Waals surface area contributed by atoms with E-state index in [0.29, 0.717) is 0 Å². The zero-order chi connectivity index (χ0) is 15.5. The van der Waals surface area contributed by atoms with E-state index in [1.54, 1.807) is 7.11 Å². The lowest BCUT2D eigenvalue weighted by atomic mass is 9.76. The number of hydrogen-bond donors (Lipinski definition) is 1. The van der Waals surface area contributed by atoms with Crippen molar-refractivity contribution in [2.75, 3.05) is 7.11 Å². The van der Waals surface area contributed by atoms with Crippen molar-refractivity contribution in [1.29, 1.82) is 0 Å². The molecule has 2 N–H and O–H groups in total. The molecule has 2 rings (SSSR count). The van der Waals surface area contributed by atoms with Crippen molar-refractivity contribution in [2.24, 2.45) is 5.73 Å². The fourth-order valence-corrected chi connectivity index (χ4v) is 3.02. The molecule has 0 saturated carbocycles. The first-order chi connectivity index (χ1) is 9.95. The molecule has 2 aromatic rings. The number of benzene rings is 2. The van der Waals surface area contributed by atoms with Gasteiger partial charge in [-0.3, -0.25) is 0 Å². The lowest BCUT2D eigenvalue weighted by Gasteiger charge is -2.32. The molecule has 2 nitrogen and oxygen atoms in total. The average molecular weight is 348 g/mol. The van der Waals surface area contributed by atoms with Gasteiger partial charge in [0.15, 0.2) is 0 Å². The van der Waals surface area contributed by atoms with Crippen molar-refractivity contribution in [3.05, 3.63) is 64.1 Å². The maximum Gasteiger partial charge on any atom is 0.133 e. The van der Waals surface area contributed by atoms with Crippen LogP contribution >= 0.6 is 15.9 Å². The summed E-state index contributed by atoms with van der Waals surface area (Å²) in [6, 6.07) is 16.6. The van der Waals surface area contributed by atoms with E-state index in [1.165, 1.54) is 11.1 Å². The second-order valence-corrected chi connectivity index (χ2v) is 6.72. The van der Waals surface area contributed by atoms with Crippen LogP contribution in [0.1, 0.15) is 25.0 Å². The molecule has 0 aliphatic heterocycles. The van der Waals surface area contributed by atoms with Gasteiger partial charge >= 0.3 is 0 Å². The summed E-state index contributed by atoms with van der Waals surface area (Å²) in [6.45, 7) is 4.40. The summed E-state index contributed by atoms with van der Waals surface area (Å²) in [6.07, 6.45) is 0.824. The highest BCUT2D eigenvalue weighted by molar-refractivity contribution is 9.10. The first-order valence-corrected chi connectivity index (χ1v) is 7.88. The van der Waals surface area contributed by atoms with Crippen molar-refractivity contribution in [3.8, 4) is 5.75 Å². The Balaban J connectivity index is 2.17. The summed E-state index contributed by atoms with van der Waals surface area (Å²) in [5.41, 5.74) is 8.89. The first kappa shape index (κ1) is 16.1. The van der Waals surface area contributed by atoms with Gasteiger partial charge in [-0.15, -0.1) is 0 Å². The Morgan fingerprint density at radius 2 is 1.81 bits per heavy atom. The van der Waals surface area contributed by atoms with E-state index in [0.717, 1.165) is 16.6 Å². The number of nitrogens with two attached hydrogens (primary N) is 1. The number of ether oxygens (including phenoxy) is 1. The predicted molar refractivity (Wildman–Crippen MR) is 91.8 cm³/mol. The first-order valence-electron chi connectivity index (χ1n) is 7.08. The molecular formula is C18H22BrNO. The van der Waals surface area contributed by atoms with E-state index in [-0.39, 0.29) is 11.5 Å². The number of halogens is 1. The zero-order valence-electron chi connectivity index (χ0n) is 12.8. The van der Waals surface area contributed by atoms with E-state index in [4.69, 9.17) is 10.5 Å². The molecule has 21 heavy (non-hydrogen) atoms. The van der Waals surface area contributed by atoms with Gasteiger partial charge in [0.05, 0.1) is 11.6 Å². The molecule has 0 fully saturated rings. The van der Waals surface area contributed by atoms with Crippen LogP contribution in [-0.2, 0) is 11.8 Å². The van der Waals surface area contributed by atoms with Crippen LogP contribution in [0.25, 0.3) is 0 Å². The summed E-state index contributed by atoms with van der Waals surface area (Å²) >= 11 is 3.53. The standard InChI is InChI=1S/C18H22BrNO/c1-18(2,14-7-5-4-6-8-14)17(20)12-13-9-10-16(21-3)15(19)11-13/h4-11,17H,12,20H2,1-3H3. The molecule has 0 heterocycles. The lowest BCUT2D eigenvalue weighted by Crippen LogP contribution is -2.42. The lowest BCUT2D eigenvalue weighted by molar-refractivity contribution is 0.404. The number of methoxy groups -OCH3 is 1. The predicted octanol–water partition coefficient (Wildman–Crippen LogP) is 4.31. The molecule has 0 aliphatic rings. The van der Waals surface area contributed by atoms with Crippen molar-refractivity contribution in [2.45, 2.75) is 31.7 Å². The minimum atomic E-state index is -0.0757. The SMILES string of the molecule is COc1ccc(CC(N)C(C)(C)c2ccccc2)cc1Br. The van der Waals surface area contributed by atoms with Gasteiger partial charge in [0.1, 0.15) is 5.75 Å². The molecule has 1 atom stereocenters. The highest BCUT2D eigenvalue weighted by atomic mass is 79.9. The molecule has 0 amide bonds. The molecular weight excluding hydrogens is 326 g/mol. The van der Waals surface area contributed by atoms with E-state index in [9.17, 15) is 0 Å². The van der Waals surface area contributed by atoms with E-state index >= 15 is 0 Å². The van der Waals surface area contributed by atoms with Crippen LogP contribution in [0.4, 0.5) is 0 Å². The Hall–Kier alpha value is -1.32. The van der Waals surface area contributed by atoms with Gasteiger partial charge < -0.3 is 10.5 Å². The summed E-state index contributed by atoms with van der Waals surface area (Å²) in [4.78, 5) is 0. The third-order valence-corrected chi connectivity index (χ3v) is 4.74. The Morgan fingerprint density at radius 3 is 2.38 bits per heavy atom. The van der Waals surface area contributed by atoms with Gasteiger partial charge in [-0.25, -0.2) is 0 Å². The van der Waals surface area contributed by atoms with Gasteiger partial charge in [-0.05, 0) is 45.6 Å². The van der Waals surface area contributed by atoms with Gasteiger partial charge in [0.2, 0.25) is 0 Å². The van der Waals surface area contributed by atoms with Crippen LogP contribution < -0.4 is 10.5 Å². The summed E-state index contributed by atoms with van der Waals surface area (Å²) in [5.74, 6) is 0.842. The van der Waals surface area contributed by atoms with Gasteiger partial charge in [-0.1, -0.05) is 50.2 Å². The molecule has 0 aromatic heterocycles. The van der Waals surface area contributed by atoms with Crippen LogP contribution in [-0.4, -0.2) is 13.2 Å². The van der Waals surface area contributed by atoms with Crippen LogP contribution in [0, 0.1) is 0 Å². The third-order valence-electron chi connectivity index (χ3n) is 4.12. The van der Waals surface area contributed by atoms with Crippen LogP contribution in [0.2, 0.25) is 0 Å². The minimum Gasteiger partial charge on any atom is -0.496 e. The Morgan fingerprint density at radius 1 is 1.14 bits per heavy atom. The highest BCUT2D eigenvalue weighted by Crippen LogP contribution is 2.30. The number of hydrogen-bond acceptors (Lipinski definition) is 2. The Labute approximate surface area is 135 Å². The fourth-order valence-electron chi connectivity index (χ4n) is 2.43. The molecule has 0 radical (unpaired) electrons. The largest absolute Gasteiger partial charge is 0.496 e. The van der Waals surface area contributed by atoms with Crippen molar-refractivity contribution in [3.63, 3.8) is 0 Å². The molecule has 0 aliphatic carbocycles. The van der Waals surface area contributed by atoms with Crippen molar-refractivity contribution >= 4 is 15.9 Å². The van der Waals surface area contributed by atoms with Crippen LogP contribution in [0.15, 0.2) is 53.0 Å². The second-order valence-electron chi connectivity index (χ2n) is 5.87. The monoisotopic (exact) mass is 347 g/mol. The topological polar surface area (TPSA) is 35.2 Å². The van der Waals surface area contributed by atoms with Gasteiger partial charge in [0, 0.05) is 11.5 Å². The number of rotatable bonds is 5. The van der Waals surface area contributed by atoms with Crippen LogP contribution in [0.5, 0.6) is 5.75 Å². The minimum absolute atomic E-state index is 0.0418. The highest BCUT2D eigenvalue weighted by Gasteiger charge is 2.28. The second kappa shape index (κ2) is 6.63. The summed E-state index contributed by atoms with van der Waals surface area (Å²) < 4.78 is 6.23. The van der Waals surface area contributed by atoms with Crippen LogP contribution in [0.3, 0.4) is 0 Å². The molecule has 0 saturated heterocycles. The Bertz CT molecular complexity index is 595. The van der Waals surface area contributed by atoms with Crippen molar-refractivity contribution in [1.82, 2.24) is 0 Å². The average Bonchev–Trinajstić information content (AvgIpc) is 2.48. The molecule has 0 spiro atoms. The van der Waals surface area contributed by atoms with E-state index in [1.807, 2.05) is 12.1 Å². The van der Waals surface area contributed by atoms with Crippen molar-refractivity contribution < 1.29 is 4.74 Å². The maximum absolute atomic E-state index is 6.49. The Kier molecular flexibility index (Phi) is 5.07. The summed E-state index contributed by atoms with van der Waals surface area (Å²) in [5, 5.41) is 0. The third kappa shape index (κ3) is 3.66. The molecule has 2 aromatic carbocycles. The molecule has 112 valence electrons. The molecule has 3 heteroatoms. The molecule has 1 unspecified atom stereocenters. The molecule has 0 bridgehead atoms. The fraction of sp³-hybridized carbons (Fsp3) is 0.333. The smallest absolute Gasteiger partial charge is 0.133 e. The summed E-state index contributed by atoms with van der Waals surface area (Å²) in [7, 11) is 1.67. The van der Waals surface area contributed by atoms with Gasteiger partial charge in [0.25, 0.3) is 0 Å². The van der Waals surface area contributed by atoms with E-state index in [2.05, 4.69) is 66.2 Å². The maximum atomic E-state index is 6.49. The van der Waals surface area contributed by atoms with E-state index < -0.39 is 0 Å². The zero-order valence-corrected chi connectivity index (χ0v) is 14.4.